The largest absolute Gasteiger partial charge is 0.378 e. The SMILES string of the molecule is Nc1c([N+](=O)[O-])cnn1Cc1cc(F)c(F)cc1F. The molecule has 0 atom stereocenters. The van der Waals surface area contributed by atoms with Crippen molar-refractivity contribution in [1.82, 2.24) is 9.78 Å². The van der Waals surface area contributed by atoms with Crippen molar-refractivity contribution in [3.05, 3.63) is 51.5 Å². The lowest BCUT2D eigenvalue weighted by Gasteiger charge is -2.05. The molecule has 0 radical (unpaired) electrons. The van der Waals surface area contributed by atoms with Crippen LogP contribution < -0.4 is 5.73 Å². The Hall–Kier alpha value is -2.58. The maximum atomic E-state index is 13.4. The summed E-state index contributed by atoms with van der Waals surface area (Å²) < 4.78 is 40.0. The van der Waals surface area contributed by atoms with E-state index >= 15 is 0 Å². The molecule has 0 spiro atoms. The minimum absolute atomic E-state index is 0.219. The molecule has 1 heterocycles. The number of anilines is 1. The standard InChI is InChI=1S/C10H7F3N4O2/c11-6-2-8(13)7(12)1-5(6)4-16-10(14)9(3-15-16)17(18)19/h1-3H,4,14H2. The number of nitro groups is 1. The molecule has 0 aliphatic heterocycles. The van der Waals surface area contributed by atoms with E-state index in [2.05, 4.69) is 5.10 Å². The van der Waals surface area contributed by atoms with E-state index in [9.17, 15) is 23.3 Å². The summed E-state index contributed by atoms with van der Waals surface area (Å²) in [5.41, 5.74) is 4.78. The first kappa shape index (κ1) is 12.9. The van der Waals surface area contributed by atoms with Gasteiger partial charge in [-0.1, -0.05) is 0 Å². The first-order valence-electron chi connectivity index (χ1n) is 4.99. The van der Waals surface area contributed by atoms with Crippen LogP contribution >= 0.6 is 0 Å². The molecule has 0 bridgehead atoms. The zero-order valence-corrected chi connectivity index (χ0v) is 9.31. The third-order valence-corrected chi connectivity index (χ3v) is 2.47. The molecule has 0 fully saturated rings. The summed E-state index contributed by atoms with van der Waals surface area (Å²) in [4.78, 5) is 9.79. The molecule has 0 aliphatic rings. The lowest BCUT2D eigenvalue weighted by atomic mass is 10.2. The van der Waals surface area contributed by atoms with Crippen LogP contribution in [0.2, 0.25) is 0 Å². The second kappa shape index (κ2) is 4.59. The van der Waals surface area contributed by atoms with E-state index in [4.69, 9.17) is 5.73 Å². The minimum atomic E-state index is -1.32. The van der Waals surface area contributed by atoms with Crippen molar-refractivity contribution >= 4 is 11.5 Å². The number of aromatic nitrogens is 2. The van der Waals surface area contributed by atoms with Crippen molar-refractivity contribution in [2.75, 3.05) is 5.73 Å². The molecule has 2 aromatic rings. The van der Waals surface area contributed by atoms with E-state index in [-0.39, 0.29) is 17.9 Å². The molecule has 0 saturated heterocycles. The van der Waals surface area contributed by atoms with E-state index in [0.29, 0.717) is 12.1 Å². The zero-order chi connectivity index (χ0) is 14.2. The van der Waals surface area contributed by atoms with Gasteiger partial charge in [0.25, 0.3) is 0 Å². The Balaban J connectivity index is 2.37. The first-order chi connectivity index (χ1) is 8.90. The van der Waals surface area contributed by atoms with Crippen molar-refractivity contribution in [1.29, 1.82) is 0 Å². The third-order valence-electron chi connectivity index (χ3n) is 2.47. The van der Waals surface area contributed by atoms with Gasteiger partial charge in [-0.2, -0.15) is 5.10 Å². The van der Waals surface area contributed by atoms with Crippen molar-refractivity contribution in [3.63, 3.8) is 0 Å². The average Bonchev–Trinajstić information content (AvgIpc) is 2.68. The molecule has 0 saturated carbocycles. The molecular weight excluding hydrogens is 265 g/mol. The molecule has 19 heavy (non-hydrogen) atoms. The predicted molar refractivity (Wildman–Crippen MR) is 58.7 cm³/mol. The fourth-order valence-corrected chi connectivity index (χ4v) is 1.50. The molecule has 6 nitrogen and oxygen atoms in total. The number of hydrogen-bond acceptors (Lipinski definition) is 4. The number of halogens is 3. The van der Waals surface area contributed by atoms with Gasteiger partial charge in [-0.15, -0.1) is 0 Å². The number of benzene rings is 1. The number of hydrogen-bond donors (Lipinski definition) is 1. The summed E-state index contributed by atoms with van der Waals surface area (Å²) in [5, 5.41) is 14.1. The molecule has 0 amide bonds. The Bertz CT molecular complexity index is 656. The Morgan fingerprint density at radius 3 is 2.47 bits per heavy atom. The summed E-state index contributed by atoms with van der Waals surface area (Å²) >= 11 is 0. The van der Waals surface area contributed by atoms with Crippen LogP contribution in [0.3, 0.4) is 0 Å². The Morgan fingerprint density at radius 2 is 1.89 bits per heavy atom. The molecular formula is C10H7F3N4O2. The van der Waals surface area contributed by atoms with Gasteiger partial charge in [0.2, 0.25) is 5.82 Å². The summed E-state index contributed by atoms with van der Waals surface area (Å²) in [6, 6.07) is 1.04. The molecule has 9 heteroatoms. The molecule has 0 aliphatic carbocycles. The van der Waals surface area contributed by atoms with Crippen LogP contribution in [0, 0.1) is 27.6 Å². The van der Waals surface area contributed by atoms with Crippen molar-refractivity contribution < 1.29 is 18.1 Å². The second-order valence-corrected chi connectivity index (χ2v) is 3.69. The fraction of sp³-hybridized carbons (Fsp3) is 0.100. The highest BCUT2D eigenvalue weighted by Crippen LogP contribution is 2.22. The number of nitrogen functional groups attached to an aromatic ring is 1. The van der Waals surface area contributed by atoms with Crippen LogP contribution in [0.4, 0.5) is 24.7 Å². The van der Waals surface area contributed by atoms with Gasteiger partial charge < -0.3 is 5.73 Å². The highest BCUT2D eigenvalue weighted by Gasteiger charge is 2.19. The summed E-state index contributed by atoms with van der Waals surface area (Å²) in [6.07, 6.45) is 0.896. The maximum Gasteiger partial charge on any atom is 0.330 e. The predicted octanol–water partition coefficient (Wildman–Crippen LogP) is 1.84. The van der Waals surface area contributed by atoms with Crippen LogP contribution in [0.1, 0.15) is 5.56 Å². The van der Waals surface area contributed by atoms with Gasteiger partial charge in [0.1, 0.15) is 12.0 Å². The number of rotatable bonds is 3. The van der Waals surface area contributed by atoms with E-state index in [1.807, 2.05) is 0 Å². The molecule has 1 aromatic heterocycles. The van der Waals surface area contributed by atoms with Crippen LogP contribution in [-0.4, -0.2) is 14.7 Å². The van der Waals surface area contributed by atoms with Crippen molar-refractivity contribution in [2.45, 2.75) is 6.54 Å². The van der Waals surface area contributed by atoms with Gasteiger partial charge in [-0.05, 0) is 6.07 Å². The van der Waals surface area contributed by atoms with Crippen molar-refractivity contribution in [2.24, 2.45) is 0 Å². The monoisotopic (exact) mass is 272 g/mol. The highest BCUT2D eigenvalue weighted by atomic mass is 19.2. The van der Waals surface area contributed by atoms with E-state index < -0.39 is 28.1 Å². The quantitative estimate of drug-likeness (QED) is 0.524. The van der Waals surface area contributed by atoms with Crippen LogP contribution in [-0.2, 0) is 6.54 Å². The van der Waals surface area contributed by atoms with Gasteiger partial charge in [0.15, 0.2) is 11.6 Å². The molecule has 2 rings (SSSR count). The minimum Gasteiger partial charge on any atom is -0.378 e. The first-order valence-corrected chi connectivity index (χ1v) is 4.99. The zero-order valence-electron chi connectivity index (χ0n) is 9.31. The Kier molecular flexibility index (Phi) is 3.11. The summed E-state index contributed by atoms with van der Waals surface area (Å²) in [5.74, 6) is -3.83. The molecule has 1 aromatic carbocycles. The maximum absolute atomic E-state index is 13.4. The van der Waals surface area contributed by atoms with E-state index in [0.717, 1.165) is 10.9 Å². The molecule has 100 valence electrons. The third kappa shape index (κ3) is 2.34. The molecule has 0 unspecified atom stereocenters. The van der Waals surface area contributed by atoms with Gasteiger partial charge in [-0.25, -0.2) is 17.9 Å². The summed E-state index contributed by atoms with van der Waals surface area (Å²) in [6.45, 7) is -0.345. The van der Waals surface area contributed by atoms with Crippen molar-refractivity contribution in [3.8, 4) is 0 Å². The Morgan fingerprint density at radius 1 is 1.26 bits per heavy atom. The number of nitrogens with zero attached hydrogens (tertiary/aromatic N) is 3. The van der Waals surface area contributed by atoms with Gasteiger partial charge in [0.05, 0.1) is 11.5 Å². The van der Waals surface area contributed by atoms with Crippen LogP contribution in [0.15, 0.2) is 18.3 Å². The van der Waals surface area contributed by atoms with E-state index in [1.165, 1.54) is 0 Å². The lowest BCUT2D eigenvalue weighted by molar-refractivity contribution is -0.384. The van der Waals surface area contributed by atoms with Gasteiger partial charge in [-0.3, -0.25) is 10.1 Å². The smallest absolute Gasteiger partial charge is 0.330 e. The van der Waals surface area contributed by atoms with Crippen LogP contribution in [0.5, 0.6) is 0 Å². The van der Waals surface area contributed by atoms with Crippen LogP contribution in [0.25, 0.3) is 0 Å². The van der Waals surface area contributed by atoms with Gasteiger partial charge in [0, 0.05) is 11.6 Å². The Labute approximate surface area is 104 Å². The normalized spacial score (nSPS) is 10.7. The van der Waals surface area contributed by atoms with E-state index in [1.54, 1.807) is 0 Å². The van der Waals surface area contributed by atoms with Gasteiger partial charge >= 0.3 is 5.69 Å². The average molecular weight is 272 g/mol. The molecule has 2 N–H and O–H groups in total. The fourth-order valence-electron chi connectivity index (χ4n) is 1.50. The lowest BCUT2D eigenvalue weighted by Crippen LogP contribution is -2.09. The second-order valence-electron chi connectivity index (χ2n) is 3.69. The highest BCUT2D eigenvalue weighted by molar-refractivity contribution is 5.51. The number of nitrogens with two attached hydrogens (primary N) is 1. The topological polar surface area (TPSA) is 87.0 Å². The summed E-state index contributed by atoms with van der Waals surface area (Å²) in [7, 11) is 0.